The minimum atomic E-state index is -0.333. The molecule has 3 rings (SSSR count). The number of fused-ring (bicyclic) bond motifs is 1. The molecule has 1 N–H and O–H groups in total. The number of amides is 1. The fraction of sp³-hybridized carbons (Fsp3) is 0.278. The van der Waals surface area contributed by atoms with Crippen LogP contribution in [0.5, 0.6) is 5.75 Å². The minimum Gasteiger partial charge on any atom is -0.484 e. The molecule has 5 heteroatoms. The van der Waals surface area contributed by atoms with Crippen molar-refractivity contribution in [2.24, 2.45) is 0 Å². The Morgan fingerprint density at radius 3 is 2.83 bits per heavy atom. The molecule has 1 amide bonds. The van der Waals surface area contributed by atoms with Crippen molar-refractivity contribution in [1.29, 1.82) is 0 Å². The molecular weight excluding hydrogens is 295 g/mol. The molecule has 0 spiro atoms. The number of ether oxygens (including phenoxy) is 1. The summed E-state index contributed by atoms with van der Waals surface area (Å²) in [5.74, 6) is -0.112. The number of carbonyl (C=O) groups excluding carboxylic acids is 1. The summed E-state index contributed by atoms with van der Waals surface area (Å²) < 4.78 is 18.1. The highest BCUT2D eigenvalue weighted by atomic mass is 19.1. The summed E-state index contributed by atoms with van der Waals surface area (Å²) in [6.07, 6.45) is 2.22. The van der Waals surface area contributed by atoms with Gasteiger partial charge in [-0.2, -0.15) is 0 Å². The molecule has 0 aromatic heterocycles. The highest BCUT2D eigenvalue weighted by molar-refractivity contribution is 5.92. The van der Waals surface area contributed by atoms with E-state index in [2.05, 4.69) is 23.3 Å². The SMILES string of the molecule is CN1CCCc2ccc(NC(=O)COc3ccc(F)cc3)cc21. The maximum absolute atomic E-state index is 12.8. The van der Waals surface area contributed by atoms with E-state index in [0.717, 1.165) is 30.8 Å². The molecule has 23 heavy (non-hydrogen) atoms. The second-order valence-corrected chi connectivity index (χ2v) is 5.66. The summed E-state index contributed by atoms with van der Waals surface area (Å²) in [6, 6.07) is 11.5. The van der Waals surface area contributed by atoms with Crippen LogP contribution in [-0.4, -0.2) is 26.1 Å². The number of nitrogens with zero attached hydrogens (tertiary/aromatic N) is 1. The maximum atomic E-state index is 12.8. The molecule has 120 valence electrons. The number of hydrogen-bond acceptors (Lipinski definition) is 3. The molecule has 1 aliphatic rings. The van der Waals surface area contributed by atoms with Crippen molar-refractivity contribution in [1.82, 2.24) is 0 Å². The van der Waals surface area contributed by atoms with E-state index in [1.807, 2.05) is 12.1 Å². The average molecular weight is 314 g/mol. The molecule has 0 aliphatic carbocycles. The number of hydrogen-bond donors (Lipinski definition) is 1. The predicted molar refractivity (Wildman–Crippen MR) is 88.6 cm³/mol. The van der Waals surface area contributed by atoms with Gasteiger partial charge in [0.05, 0.1) is 0 Å². The normalized spacial score (nSPS) is 13.4. The van der Waals surface area contributed by atoms with Crippen LogP contribution in [0.15, 0.2) is 42.5 Å². The van der Waals surface area contributed by atoms with Gasteiger partial charge in [0.25, 0.3) is 5.91 Å². The molecule has 0 radical (unpaired) electrons. The van der Waals surface area contributed by atoms with E-state index in [-0.39, 0.29) is 18.3 Å². The van der Waals surface area contributed by atoms with Crippen LogP contribution in [0.25, 0.3) is 0 Å². The topological polar surface area (TPSA) is 41.6 Å². The maximum Gasteiger partial charge on any atom is 0.262 e. The molecule has 0 saturated heterocycles. The standard InChI is InChI=1S/C18H19FN2O2/c1-21-10-2-3-13-4-7-15(11-17(13)21)20-18(22)12-23-16-8-5-14(19)6-9-16/h4-9,11H,2-3,10,12H2,1H3,(H,20,22). The lowest BCUT2D eigenvalue weighted by Crippen LogP contribution is -2.25. The summed E-state index contributed by atoms with van der Waals surface area (Å²) in [4.78, 5) is 14.2. The van der Waals surface area contributed by atoms with Gasteiger partial charge in [0, 0.05) is 25.0 Å². The Hall–Kier alpha value is -2.56. The lowest BCUT2D eigenvalue weighted by Gasteiger charge is -2.28. The first kappa shape index (κ1) is 15.3. The van der Waals surface area contributed by atoms with Crippen LogP contribution in [0.3, 0.4) is 0 Å². The van der Waals surface area contributed by atoms with Gasteiger partial charge in [-0.15, -0.1) is 0 Å². The first-order valence-electron chi connectivity index (χ1n) is 7.64. The molecule has 0 unspecified atom stereocenters. The van der Waals surface area contributed by atoms with Gasteiger partial charge >= 0.3 is 0 Å². The van der Waals surface area contributed by atoms with Crippen LogP contribution in [0, 0.1) is 5.82 Å². The van der Waals surface area contributed by atoms with E-state index < -0.39 is 0 Å². The molecule has 1 heterocycles. The Kier molecular flexibility index (Phi) is 4.46. The number of benzene rings is 2. The van der Waals surface area contributed by atoms with Crippen molar-refractivity contribution in [2.45, 2.75) is 12.8 Å². The predicted octanol–water partition coefficient (Wildman–Crippen LogP) is 3.23. The highest BCUT2D eigenvalue weighted by Gasteiger charge is 2.14. The molecule has 0 saturated carbocycles. The van der Waals surface area contributed by atoms with Crippen molar-refractivity contribution >= 4 is 17.3 Å². The van der Waals surface area contributed by atoms with Gasteiger partial charge in [-0.25, -0.2) is 4.39 Å². The van der Waals surface area contributed by atoms with Gasteiger partial charge in [0.1, 0.15) is 11.6 Å². The number of aryl methyl sites for hydroxylation is 1. The second kappa shape index (κ2) is 6.69. The quantitative estimate of drug-likeness (QED) is 0.942. The first-order chi connectivity index (χ1) is 11.1. The Morgan fingerprint density at radius 2 is 2.04 bits per heavy atom. The molecule has 1 aliphatic heterocycles. The summed E-state index contributed by atoms with van der Waals surface area (Å²) >= 11 is 0. The lowest BCUT2D eigenvalue weighted by molar-refractivity contribution is -0.118. The van der Waals surface area contributed by atoms with Crippen molar-refractivity contribution in [3.05, 3.63) is 53.8 Å². The van der Waals surface area contributed by atoms with Crippen LogP contribution < -0.4 is 15.0 Å². The molecule has 4 nitrogen and oxygen atoms in total. The van der Waals surface area contributed by atoms with Crippen LogP contribution in [0.2, 0.25) is 0 Å². The van der Waals surface area contributed by atoms with Gasteiger partial charge in [0.2, 0.25) is 0 Å². The van der Waals surface area contributed by atoms with Crippen molar-refractivity contribution in [3.8, 4) is 5.75 Å². The van der Waals surface area contributed by atoms with Crippen LogP contribution in [0.1, 0.15) is 12.0 Å². The zero-order chi connectivity index (χ0) is 16.2. The Bertz CT molecular complexity index is 701. The highest BCUT2D eigenvalue weighted by Crippen LogP contribution is 2.28. The average Bonchev–Trinajstić information content (AvgIpc) is 2.55. The lowest BCUT2D eigenvalue weighted by atomic mass is 10.0. The number of nitrogens with one attached hydrogen (secondary N) is 1. The van der Waals surface area contributed by atoms with Gasteiger partial charge in [-0.1, -0.05) is 6.07 Å². The van der Waals surface area contributed by atoms with E-state index in [4.69, 9.17) is 4.74 Å². The number of carbonyl (C=O) groups is 1. The zero-order valence-electron chi connectivity index (χ0n) is 13.0. The van der Waals surface area contributed by atoms with Crippen LogP contribution in [0.4, 0.5) is 15.8 Å². The third-order valence-electron chi connectivity index (χ3n) is 3.90. The van der Waals surface area contributed by atoms with Crippen LogP contribution in [-0.2, 0) is 11.2 Å². The van der Waals surface area contributed by atoms with Crippen molar-refractivity contribution in [2.75, 3.05) is 30.4 Å². The molecule has 0 bridgehead atoms. The minimum absolute atomic E-state index is 0.113. The largest absolute Gasteiger partial charge is 0.484 e. The third kappa shape index (κ3) is 3.80. The summed E-state index contributed by atoms with van der Waals surface area (Å²) in [7, 11) is 2.06. The fourth-order valence-electron chi connectivity index (χ4n) is 2.71. The number of halogens is 1. The van der Waals surface area contributed by atoms with Gasteiger partial charge in [-0.3, -0.25) is 4.79 Å². The fourth-order valence-corrected chi connectivity index (χ4v) is 2.71. The monoisotopic (exact) mass is 314 g/mol. The third-order valence-corrected chi connectivity index (χ3v) is 3.90. The van der Waals surface area contributed by atoms with Crippen LogP contribution >= 0.6 is 0 Å². The molecule has 2 aromatic rings. The first-order valence-corrected chi connectivity index (χ1v) is 7.64. The van der Waals surface area contributed by atoms with E-state index >= 15 is 0 Å². The number of rotatable bonds is 4. The van der Waals surface area contributed by atoms with Crippen molar-refractivity contribution in [3.63, 3.8) is 0 Å². The molecule has 2 aromatic carbocycles. The molecular formula is C18H19FN2O2. The zero-order valence-corrected chi connectivity index (χ0v) is 13.0. The Balaban J connectivity index is 1.59. The smallest absolute Gasteiger partial charge is 0.262 e. The van der Waals surface area contributed by atoms with Gasteiger partial charge in [-0.05, 0) is 54.8 Å². The molecule has 0 fully saturated rings. The Morgan fingerprint density at radius 1 is 1.26 bits per heavy atom. The van der Waals surface area contributed by atoms with E-state index in [9.17, 15) is 9.18 Å². The molecule has 0 atom stereocenters. The number of anilines is 2. The summed E-state index contributed by atoms with van der Waals surface area (Å²) in [5, 5.41) is 2.83. The van der Waals surface area contributed by atoms with E-state index in [0.29, 0.717) is 5.75 Å². The summed E-state index contributed by atoms with van der Waals surface area (Å²) in [5.41, 5.74) is 3.22. The van der Waals surface area contributed by atoms with E-state index in [1.54, 1.807) is 0 Å². The van der Waals surface area contributed by atoms with Gasteiger partial charge in [0.15, 0.2) is 6.61 Å². The second-order valence-electron chi connectivity index (χ2n) is 5.66. The van der Waals surface area contributed by atoms with E-state index in [1.165, 1.54) is 29.8 Å². The Labute approximate surface area is 134 Å². The van der Waals surface area contributed by atoms with Gasteiger partial charge < -0.3 is 15.0 Å². The summed E-state index contributed by atoms with van der Waals surface area (Å²) in [6.45, 7) is 0.913. The van der Waals surface area contributed by atoms with Crippen molar-refractivity contribution < 1.29 is 13.9 Å².